The van der Waals surface area contributed by atoms with Crippen LogP contribution in [0.3, 0.4) is 0 Å². The van der Waals surface area contributed by atoms with Crippen LogP contribution in [0.4, 0.5) is 8.78 Å². The van der Waals surface area contributed by atoms with Crippen molar-refractivity contribution in [3.05, 3.63) is 0 Å². The molecule has 1 rings (SSSR count). The Kier molecular flexibility index (Phi) is 4.20. The number of likely N-dealkylation sites (tertiary alicyclic amines) is 1. The third kappa shape index (κ3) is 3.38. The highest BCUT2D eigenvalue weighted by molar-refractivity contribution is 4.97. The van der Waals surface area contributed by atoms with Crippen molar-refractivity contribution in [1.82, 2.24) is 4.90 Å². The molecule has 0 spiro atoms. The molecule has 1 fully saturated rings. The number of rotatable bonds is 3. The largest absolute Gasteiger partial charge is 0.395 e. The summed E-state index contributed by atoms with van der Waals surface area (Å²) in [7, 11) is 0. The fourth-order valence-corrected chi connectivity index (χ4v) is 3.30. The number of aliphatic hydroxyl groups excluding tert-OH is 1. The molecule has 1 aliphatic heterocycles. The average Bonchev–Trinajstić information content (AvgIpc) is 2.37. The van der Waals surface area contributed by atoms with E-state index in [2.05, 4.69) is 34.6 Å². The number of halogens is 2. The molecule has 102 valence electrons. The summed E-state index contributed by atoms with van der Waals surface area (Å²) in [6.07, 6.45) is -0.219. The number of hydrogen-bond acceptors (Lipinski definition) is 2. The smallest absolute Gasteiger partial charge is 0.262 e. The van der Waals surface area contributed by atoms with Crippen LogP contribution in [0.15, 0.2) is 0 Å². The van der Waals surface area contributed by atoms with Crippen LogP contribution in [0, 0.1) is 11.3 Å². The zero-order valence-electron chi connectivity index (χ0n) is 11.5. The van der Waals surface area contributed by atoms with E-state index in [1.54, 1.807) is 0 Å². The Morgan fingerprint density at radius 3 is 2.24 bits per heavy atom. The number of aliphatic hydroxyl groups is 1. The normalized spacial score (nSPS) is 27.7. The van der Waals surface area contributed by atoms with Crippen molar-refractivity contribution in [1.29, 1.82) is 0 Å². The van der Waals surface area contributed by atoms with Gasteiger partial charge in [0, 0.05) is 18.5 Å². The lowest BCUT2D eigenvalue weighted by molar-refractivity contribution is -0.0104. The van der Waals surface area contributed by atoms with E-state index >= 15 is 0 Å². The summed E-state index contributed by atoms with van der Waals surface area (Å²) < 4.78 is 27.0. The first kappa shape index (κ1) is 14.8. The van der Waals surface area contributed by atoms with Crippen LogP contribution in [0.1, 0.15) is 41.0 Å². The molecule has 0 aromatic carbocycles. The zero-order chi connectivity index (χ0) is 13.4. The highest BCUT2D eigenvalue weighted by atomic mass is 19.3. The Bertz CT molecular complexity index is 261. The van der Waals surface area contributed by atoms with Crippen molar-refractivity contribution in [3.63, 3.8) is 0 Å². The maximum atomic E-state index is 13.5. The average molecular weight is 249 g/mol. The van der Waals surface area contributed by atoms with E-state index in [4.69, 9.17) is 0 Å². The van der Waals surface area contributed by atoms with Gasteiger partial charge in [-0.1, -0.05) is 34.6 Å². The van der Waals surface area contributed by atoms with Crippen molar-refractivity contribution < 1.29 is 13.9 Å². The molecule has 0 aromatic heterocycles. The summed E-state index contributed by atoms with van der Waals surface area (Å²) in [5, 5.41) is 9.29. The fourth-order valence-electron chi connectivity index (χ4n) is 3.30. The maximum absolute atomic E-state index is 13.5. The molecule has 2 atom stereocenters. The van der Waals surface area contributed by atoms with Crippen molar-refractivity contribution in [3.8, 4) is 0 Å². The molecule has 17 heavy (non-hydrogen) atoms. The molecule has 1 saturated heterocycles. The molecule has 0 radical (unpaired) electrons. The summed E-state index contributed by atoms with van der Waals surface area (Å²) in [6.45, 7) is 9.92. The van der Waals surface area contributed by atoms with E-state index < -0.39 is 12.0 Å². The summed E-state index contributed by atoms with van der Waals surface area (Å²) in [4.78, 5) is 1.81. The van der Waals surface area contributed by atoms with Gasteiger partial charge in [-0.15, -0.1) is 0 Å². The molecule has 1 heterocycles. The fraction of sp³-hybridized carbons (Fsp3) is 1.00. The topological polar surface area (TPSA) is 23.5 Å². The van der Waals surface area contributed by atoms with Crippen LogP contribution in [-0.4, -0.2) is 41.2 Å². The number of hydrogen-bond donors (Lipinski definition) is 1. The van der Waals surface area contributed by atoms with E-state index in [0.29, 0.717) is 0 Å². The van der Waals surface area contributed by atoms with Crippen LogP contribution in [0.5, 0.6) is 0 Å². The predicted molar refractivity (Wildman–Crippen MR) is 65.2 cm³/mol. The van der Waals surface area contributed by atoms with Gasteiger partial charge in [0.05, 0.1) is 13.2 Å². The van der Waals surface area contributed by atoms with Crippen molar-refractivity contribution in [2.45, 2.75) is 59.0 Å². The molecule has 0 amide bonds. The van der Waals surface area contributed by atoms with E-state index in [1.165, 1.54) is 0 Å². The van der Waals surface area contributed by atoms with Crippen molar-refractivity contribution >= 4 is 0 Å². The first-order valence-electron chi connectivity index (χ1n) is 6.33. The van der Waals surface area contributed by atoms with Gasteiger partial charge in [-0.3, -0.25) is 4.90 Å². The van der Waals surface area contributed by atoms with Crippen molar-refractivity contribution in [2.75, 3.05) is 13.2 Å². The second-order valence-corrected chi connectivity index (χ2v) is 6.62. The first-order valence-corrected chi connectivity index (χ1v) is 6.33. The Balaban J connectivity index is 2.95. The van der Waals surface area contributed by atoms with Crippen molar-refractivity contribution in [2.24, 2.45) is 11.3 Å². The molecular formula is C13H25F2NO. The highest BCUT2D eigenvalue weighted by Gasteiger charge is 2.49. The standard InChI is InChI=1S/C13H25F2NO/c1-9(2)11(12(3,4)5)16-8-13(14,15)6-10(16)7-17/h9-11,17H,6-8H2,1-5H3. The van der Waals surface area contributed by atoms with Gasteiger partial charge in [-0.2, -0.15) is 0 Å². The number of nitrogens with zero attached hydrogens (tertiary/aromatic N) is 1. The van der Waals surface area contributed by atoms with Gasteiger partial charge in [0.1, 0.15) is 0 Å². The van der Waals surface area contributed by atoms with Gasteiger partial charge in [-0.05, 0) is 11.3 Å². The van der Waals surface area contributed by atoms with Gasteiger partial charge in [0.15, 0.2) is 0 Å². The predicted octanol–water partition coefficient (Wildman–Crippen LogP) is 2.76. The van der Waals surface area contributed by atoms with Gasteiger partial charge >= 0.3 is 0 Å². The minimum absolute atomic E-state index is 0.0630. The highest BCUT2D eigenvalue weighted by Crippen LogP contribution is 2.39. The minimum Gasteiger partial charge on any atom is -0.395 e. The monoisotopic (exact) mass is 249 g/mol. The first-order chi connectivity index (χ1) is 7.58. The van der Waals surface area contributed by atoms with Gasteiger partial charge in [0.2, 0.25) is 0 Å². The summed E-state index contributed by atoms with van der Waals surface area (Å²) in [5.41, 5.74) is -0.0675. The lowest BCUT2D eigenvalue weighted by Gasteiger charge is -2.43. The lowest BCUT2D eigenvalue weighted by atomic mass is 9.79. The van der Waals surface area contributed by atoms with E-state index in [9.17, 15) is 13.9 Å². The summed E-state index contributed by atoms with van der Waals surface area (Å²) >= 11 is 0. The zero-order valence-corrected chi connectivity index (χ0v) is 11.5. The Labute approximate surface area is 103 Å². The maximum Gasteiger partial charge on any atom is 0.262 e. The molecule has 2 unspecified atom stereocenters. The number of alkyl halides is 2. The second kappa shape index (κ2) is 4.81. The lowest BCUT2D eigenvalue weighted by Crippen LogP contribution is -2.51. The molecule has 0 aliphatic carbocycles. The van der Waals surface area contributed by atoms with E-state index in [1.807, 2.05) is 4.90 Å². The Morgan fingerprint density at radius 1 is 1.35 bits per heavy atom. The van der Waals surface area contributed by atoms with Gasteiger partial charge < -0.3 is 5.11 Å². The molecular weight excluding hydrogens is 224 g/mol. The molecule has 2 nitrogen and oxygen atoms in total. The van der Waals surface area contributed by atoms with Crippen LogP contribution in [-0.2, 0) is 0 Å². The Morgan fingerprint density at radius 2 is 1.88 bits per heavy atom. The van der Waals surface area contributed by atoms with Gasteiger partial charge in [-0.25, -0.2) is 8.78 Å². The summed E-state index contributed by atoms with van der Waals surface area (Å²) in [5.74, 6) is -2.37. The molecule has 1 N–H and O–H groups in total. The van der Waals surface area contributed by atoms with Crippen LogP contribution >= 0.6 is 0 Å². The molecule has 0 saturated carbocycles. The van der Waals surface area contributed by atoms with Gasteiger partial charge in [0.25, 0.3) is 5.92 Å². The molecule has 4 heteroatoms. The molecule has 1 aliphatic rings. The quantitative estimate of drug-likeness (QED) is 0.831. The van der Waals surface area contributed by atoms with E-state index in [-0.39, 0.29) is 36.9 Å². The SMILES string of the molecule is CC(C)C(N1CC(F)(F)CC1CO)C(C)(C)C. The Hall–Kier alpha value is -0.220. The van der Waals surface area contributed by atoms with Crippen LogP contribution in [0.2, 0.25) is 0 Å². The molecule has 0 aromatic rings. The third-order valence-corrected chi connectivity index (χ3v) is 3.50. The minimum atomic E-state index is -2.66. The summed E-state index contributed by atoms with van der Waals surface area (Å²) in [6, 6.07) is -0.343. The van der Waals surface area contributed by atoms with Crippen LogP contribution < -0.4 is 0 Å². The molecule has 0 bridgehead atoms. The second-order valence-electron chi connectivity index (χ2n) is 6.62. The third-order valence-electron chi connectivity index (χ3n) is 3.50. The van der Waals surface area contributed by atoms with E-state index in [0.717, 1.165) is 0 Å². The van der Waals surface area contributed by atoms with Crippen LogP contribution in [0.25, 0.3) is 0 Å².